The molecule has 0 saturated carbocycles. The van der Waals surface area contributed by atoms with E-state index in [1.54, 1.807) is 30.6 Å². The Kier molecular flexibility index (Phi) is 8.16. The summed E-state index contributed by atoms with van der Waals surface area (Å²) in [5.41, 5.74) is -0.403. The molecule has 9 heteroatoms. The number of nitrogens with one attached hydrogen (secondary N) is 1. The smallest absolute Gasteiger partial charge is 0.241 e. The Bertz CT molecular complexity index is 1130. The molecule has 33 heavy (non-hydrogen) atoms. The molecular weight excluding hydrogens is 460 g/mol. The number of pyridine rings is 1. The van der Waals surface area contributed by atoms with Crippen LogP contribution in [0.3, 0.4) is 0 Å². The minimum absolute atomic E-state index is 0.149. The lowest BCUT2D eigenvalue weighted by Gasteiger charge is -2.37. The van der Waals surface area contributed by atoms with Gasteiger partial charge >= 0.3 is 0 Å². The fourth-order valence-corrected chi connectivity index (χ4v) is 5.60. The quantitative estimate of drug-likeness (QED) is 0.268. The molecule has 1 aromatic heterocycles. The molecule has 4 rings (SSSR count). The van der Waals surface area contributed by atoms with Crippen molar-refractivity contribution in [2.24, 2.45) is 0 Å². The van der Waals surface area contributed by atoms with Crippen LogP contribution in [-0.2, 0) is 10.0 Å². The number of nitrogens with zero attached hydrogens (tertiary/aromatic N) is 3. The Hall–Kier alpha value is -2.23. The number of rotatable bonds is 10. The number of ether oxygens (including phenoxy) is 1. The summed E-state index contributed by atoms with van der Waals surface area (Å²) in [5.74, 6) is 0.898. The van der Waals surface area contributed by atoms with E-state index in [2.05, 4.69) is 19.5 Å². The van der Waals surface area contributed by atoms with Crippen LogP contribution in [0, 0.1) is 0 Å². The Morgan fingerprint density at radius 1 is 1.03 bits per heavy atom. The van der Waals surface area contributed by atoms with Crippen LogP contribution in [0.1, 0.15) is 6.42 Å². The molecule has 1 fully saturated rings. The predicted molar refractivity (Wildman–Crippen MR) is 131 cm³/mol. The molecule has 2 heterocycles. The first-order chi connectivity index (χ1) is 16.0. The van der Waals surface area contributed by atoms with Gasteiger partial charge in [0.1, 0.15) is 5.75 Å². The second-order valence-corrected chi connectivity index (χ2v) is 10.3. The lowest BCUT2D eigenvalue weighted by molar-refractivity contribution is 0.117. The molecule has 1 aliphatic heterocycles. The van der Waals surface area contributed by atoms with Crippen LogP contribution in [0.4, 0.5) is 0 Å². The molecule has 1 saturated heterocycles. The summed E-state index contributed by atoms with van der Waals surface area (Å²) >= 11 is 6.56. The van der Waals surface area contributed by atoms with Gasteiger partial charge in [-0.15, -0.1) is 11.6 Å². The highest BCUT2D eigenvalue weighted by molar-refractivity contribution is 7.89. The standard InChI is InChI=1S/C24H29ClN4O3S/c25-24(19-27-33(30,31)23-9-4-6-20-18-26-11-10-22(20)23)29-15-13-28(14-16-29)12-5-17-32-21-7-2-1-3-8-21/h1-4,6-11,18,24,27H,5,12-17,19H2. The summed E-state index contributed by atoms with van der Waals surface area (Å²) in [4.78, 5) is 8.82. The predicted octanol–water partition coefficient (Wildman–Crippen LogP) is 3.16. The minimum atomic E-state index is -3.68. The summed E-state index contributed by atoms with van der Waals surface area (Å²) in [6, 6.07) is 16.7. The van der Waals surface area contributed by atoms with Gasteiger partial charge in [-0.25, -0.2) is 13.1 Å². The first-order valence-corrected chi connectivity index (χ1v) is 13.1. The number of halogens is 1. The third-order valence-corrected chi connectivity index (χ3v) is 7.72. The normalized spacial score (nSPS) is 16.6. The molecule has 0 amide bonds. The fraction of sp³-hybridized carbons (Fsp3) is 0.375. The first-order valence-electron chi connectivity index (χ1n) is 11.1. The van der Waals surface area contributed by atoms with Gasteiger partial charge in [0.05, 0.1) is 17.0 Å². The molecule has 0 aliphatic carbocycles. The molecule has 0 radical (unpaired) electrons. The van der Waals surface area contributed by atoms with E-state index in [4.69, 9.17) is 16.3 Å². The van der Waals surface area contributed by atoms with E-state index < -0.39 is 15.5 Å². The van der Waals surface area contributed by atoms with E-state index in [9.17, 15) is 8.42 Å². The minimum Gasteiger partial charge on any atom is -0.494 e. The number of hydrogen-bond acceptors (Lipinski definition) is 6. The molecule has 1 unspecified atom stereocenters. The average Bonchev–Trinajstić information content (AvgIpc) is 2.86. The number of hydrogen-bond donors (Lipinski definition) is 1. The zero-order valence-electron chi connectivity index (χ0n) is 18.4. The first kappa shape index (κ1) is 23.9. The highest BCUT2D eigenvalue weighted by Crippen LogP contribution is 2.22. The van der Waals surface area contributed by atoms with E-state index in [1.165, 1.54) is 0 Å². The van der Waals surface area contributed by atoms with Crippen molar-refractivity contribution in [2.75, 3.05) is 45.9 Å². The monoisotopic (exact) mass is 488 g/mol. The number of piperazine rings is 1. The van der Waals surface area contributed by atoms with Crippen LogP contribution in [0.25, 0.3) is 10.8 Å². The zero-order chi connectivity index (χ0) is 23.1. The molecule has 0 bridgehead atoms. The molecule has 1 N–H and O–H groups in total. The Balaban J connectivity index is 1.21. The third-order valence-electron chi connectivity index (χ3n) is 5.81. The molecule has 7 nitrogen and oxygen atoms in total. The summed E-state index contributed by atoms with van der Waals surface area (Å²) in [6.45, 7) is 5.21. The molecule has 0 spiro atoms. The summed E-state index contributed by atoms with van der Waals surface area (Å²) in [6.07, 6.45) is 4.21. The largest absolute Gasteiger partial charge is 0.494 e. The van der Waals surface area contributed by atoms with Gasteiger partial charge in [0, 0.05) is 62.4 Å². The number of sulfonamides is 1. The highest BCUT2D eigenvalue weighted by atomic mass is 35.5. The summed E-state index contributed by atoms with van der Waals surface area (Å²) in [7, 11) is -3.68. The van der Waals surface area contributed by atoms with Crippen molar-refractivity contribution in [2.45, 2.75) is 16.8 Å². The van der Waals surface area contributed by atoms with Crippen molar-refractivity contribution in [3.05, 3.63) is 67.0 Å². The number of alkyl halides is 1. The second kappa shape index (κ2) is 11.3. The van der Waals surface area contributed by atoms with E-state index in [0.29, 0.717) is 12.0 Å². The molecule has 176 valence electrons. The highest BCUT2D eigenvalue weighted by Gasteiger charge is 2.24. The number of fused-ring (bicyclic) bond motifs is 1. The zero-order valence-corrected chi connectivity index (χ0v) is 20.0. The van der Waals surface area contributed by atoms with Gasteiger partial charge in [0.25, 0.3) is 0 Å². The van der Waals surface area contributed by atoms with E-state index in [1.807, 2.05) is 36.4 Å². The lowest BCUT2D eigenvalue weighted by atomic mass is 10.2. The summed E-state index contributed by atoms with van der Waals surface area (Å²) < 4.78 is 34.2. The van der Waals surface area contributed by atoms with E-state index in [-0.39, 0.29) is 11.4 Å². The van der Waals surface area contributed by atoms with Gasteiger partial charge in [-0.3, -0.25) is 9.88 Å². The van der Waals surface area contributed by atoms with Gasteiger partial charge in [-0.2, -0.15) is 0 Å². The van der Waals surface area contributed by atoms with Crippen molar-refractivity contribution in [1.29, 1.82) is 0 Å². The van der Waals surface area contributed by atoms with Crippen LogP contribution in [0.2, 0.25) is 0 Å². The van der Waals surface area contributed by atoms with Crippen molar-refractivity contribution in [1.82, 2.24) is 19.5 Å². The third kappa shape index (κ3) is 6.43. The molecular formula is C24H29ClN4O3S. The van der Waals surface area contributed by atoms with Crippen molar-refractivity contribution < 1.29 is 13.2 Å². The van der Waals surface area contributed by atoms with Gasteiger partial charge in [0.15, 0.2) is 0 Å². The van der Waals surface area contributed by atoms with Crippen molar-refractivity contribution in [3.63, 3.8) is 0 Å². The fourth-order valence-electron chi connectivity index (χ4n) is 3.97. The number of aromatic nitrogens is 1. The topological polar surface area (TPSA) is 74.8 Å². The lowest BCUT2D eigenvalue weighted by Crippen LogP contribution is -2.51. The maximum atomic E-state index is 12.9. The summed E-state index contributed by atoms with van der Waals surface area (Å²) in [5, 5.41) is 1.43. The Morgan fingerprint density at radius 2 is 1.82 bits per heavy atom. The van der Waals surface area contributed by atoms with E-state index >= 15 is 0 Å². The van der Waals surface area contributed by atoms with Crippen LogP contribution in [0.5, 0.6) is 5.75 Å². The number of para-hydroxylation sites is 1. The SMILES string of the molecule is O=S(=O)(NCC(Cl)N1CCN(CCCOc2ccccc2)CC1)c1cccc2cnccc12. The Labute approximate surface area is 200 Å². The number of benzene rings is 2. The molecule has 1 atom stereocenters. The average molecular weight is 489 g/mol. The molecule has 2 aromatic carbocycles. The van der Waals surface area contributed by atoms with Gasteiger partial charge in [0.2, 0.25) is 10.0 Å². The van der Waals surface area contributed by atoms with E-state index in [0.717, 1.165) is 50.3 Å². The van der Waals surface area contributed by atoms with Crippen LogP contribution >= 0.6 is 11.6 Å². The molecule has 1 aliphatic rings. The maximum absolute atomic E-state index is 12.9. The molecule has 3 aromatic rings. The maximum Gasteiger partial charge on any atom is 0.241 e. The van der Waals surface area contributed by atoms with Crippen molar-refractivity contribution in [3.8, 4) is 5.75 Å². The van der Waals surface area contributed by atoms with Crippen molar-refractivity contribution >= 4 is 32.4 Å². The van der Waals surface area contributed by atoms with Gasteiger partial charge in [-0.05, 0) is 30.7 Å². The van der Waals surface area contributed by atoms with Crippen LogP contribution in [0.15, 0.2) is 71.9 Å². The van der Waals surface area contributed by atoms with Crippen LogP contribution in [-0.4, -0.2) is 74.6 Å². The van der Waals surface area contributed by atoms with Gasteiger partial charge < -0.3 is 9.64 Å². The van der Waals surface area contributed by atoms with Gasteiger partial charge in [-0.1, -0.05) is 30.3 Å². The second-order valence-electron chi connectivity index (χ2n) is 8.03. The Morgan fingerprint density at radius 3 is 2.61 bits per heavy atom. The van der Waals surface area contributed by atoms with Crippen LogP contribution < -0.4 is 9.46 Å².